The van der Waals surface area contributed by atoms with Crippen LogP contribution in [0.25, 0.3) is 0 Å². The molecule has 0 aliphatic rings. The molecular formula is C11H27IN2. The number of nitrogens with zero attached hydrogens (tertiary/aromatic N) is 1. The molecule has 0 amide bonds. The number of unbranched alkanes of at least 4 members (excludes halogenated alkanes) is 3. The first-order chi connectivity index (χ1) is 6.12. The maximum Gasteiger partial charge on any atom is 0.0794 e. The van der Waals surface area contributed by atoms with E-state index in [2.05, 4.69) is 21.0 Å². The molecule has 0 radical (unpaired) electrons. The van der Waals surface area contributed by atoms with Gasteiger partial charge in [-0.1, -0.05) is 19.8 Å². The highest BCUT2D eigenvalue weighted by atomic mass is 127. The Kier molecular flexibility index (Phi) is 12.4. The Morgan fingerprint density at radius 3 is 2.00 bits per heavy atom. The van der Waals surface area contributed by atoms with E-state index in [9.17, 15) is 0 Å². The number of hydrogen-bond acceptors (Lipinski definition) is 1. The lowest BCUT2D eigenvalue weighted by Gasteiger charge is -2.29. The smallest absolute Gasteiger partial charge is 0.0794 e. The van der Waals surface area contributed by atoms with Gasteiger partial charge in [-0.2, -0.15) is 0 Å². The minimum Gasteiger partial charge on any atom is -1.00 e. The second-order valence-corrected chi connectivity index (χ2v) is 4.59. The van der Waals surface area contributed by atoms with Gasteiger partial charge in [0.2, 0.25) is 0 Å². The molecule has 0 rings (SSSR count). The van der Waals surface area contributed by atoms with Crippen molar-refractivity contribution in [2.75, 3.05) is 33.7 Å². The molecule has 0 aromatic rings. The molecule has 0 saturated carbocycles. The van der Waals surface area contributed by atoms with Crippen molar-refractivity contribution in [2.24, 2.45) is 5.73 Å². The van der Waals surface area contributed by atoms with Crippen LogP contribution in [0.3, 0.4) is 0 Å². The van der Waals surface area contributed by atoms with Gasteiger partial charge in [0.25, 0.3) is 0 Å². The van der Waals surface area contributed by atoms with Crippen LogP contribution in [0, 0.1) is 0 Å². The van der Waals surface area contributed by atoms with Gasteiger partial charge in [0.05, 0.1) is 27.2 Å². The molecule has 0 heterocycles. The van der Waals surface area contributed by atoms with E-state index in [0.717, 1.165) is 17.4 Å². The van der Waals surface area contributed by atoms with Crippen LogP contribution in [0.4, 0.5) is 0 Å². The Hall–Kier alpha value is 0.650. The SMILES string of the molecule is CCCCCC[N+](C)(C)CCCN.[I-]. The third-order valence-electron chi connectivity index (χ3n) is 2.58. The summed E-state index contributed by atoms with van der Waals surface area (Å²) in [4.78, 5) is 0. The van der Waals surface area contributed by atoms with Crippen LogP contribution in [-0.2, 0) is 0 Å². The van der Waals surface area contributed by atoms with Gasteiger partial charge in [0.15, 0.2) is 0 Å². The molecule has 0 atom stereocenters. The van der Waals surface area contributed by atoms with Gasteiger partial charge in [-0.05, 0) is 19.4 Å². The lowest BCUT2D eigenvalue weighted by atomic mass is 10.2. The number of rotatable bonds is 8. The summed E-state index contributed by atoms with van der Waals surface area (Å²) in [6.45, 7) is 5.62. The highest BCUT2D eigenvalue weighted by Crippen LogP contribution is 2.05. The van der Waals surface area contributed by atoms with Crippen LogP contribution >= 0.6 is 0 Å². The highest BCUT2D eigenvalue weighted by Gasteiger charge is 2.12. The Labute approximate surface area is 107 Å². The molecule has 0 fully saturated rings. The Morgan fingerprint density at radius 2 is 1.50 bits per heavy atom. The second-order valence-electron chi connectivity index (χ2n) is 4.59. The standard InChI is InChI=1S/C11H27N2.HI/c1-4-5-6-7-10-13(2,3)11-8-9-12;/h4-12H2,1-3H3;1H/q+1;/p-1. The van der Waals surface area contributed by atoms with Crippen molar-refractivity contribution < 1.29 is 28.5 Å². The largest absolute Gasteiger partial charge is 1.00 e. The van der Waals surface area contributed by atoms with Crippen LogP contribution in [0.5, 0.6) is 0 Å². The first kappa shape index (κ1) is 17.1. The predicted molar refractivity (Wildman–Crippen MR) is 59.7 cm³/mol. The summed E-state index contributed by atoms with van der Waals surface area (Å²) >= 11 is 0. The molecule has 0 bridgehead atoms. The fourth-order valence-corrected chi connectivity index (χ4v) is 1.60. The molecule has 0 aromatic heterocycles. The van der Waals surface area contributed by atoms with Crippen LogP contribution in [-0.4, -0.2) is 38.2 Å². The van der Waals surface area contributed by atoms with Crippen molar-refractivity contribution >= 4 is 0 Å². The molecule has 88 valence electrons. The van der Waals surface area contributed by atoms with Crippen molar-refractivity contribution in [1.29, 1.82) is 0 Å². The third-order valence-corrected chi connectivity index (χ3v) is 2.58. The van der Waals surface area contributed by atoms with Gasteiger partial charge in [0.1, 0.15) is 0 Å². The van der Waals surface area contributed by atoms with E-state index in [1.165, 1.54) is 38.8 Å². The summed E-state index contributed by atoms with van der Waals surface area (Å²) in [5.74, 6) is 0. The number of quaternary nitrogens is 1. The van der Waals surface area contributed by atoms with E-state index in [1.807, 2.05) is 0 Å². The van der Waals surface area contributed by atoms with Crippen LogP contribution in [0.1, 0.15) is 39.0 Å². The summed E-state index contributed by atoms with van der Waals surface area (Å²) in [6, 6.07) is 0. The first-order valence-corrected chi connectivity index (χ1v) is 5.64. The van der Waals surface area contributed by atoms with Crippen LogP contribution < -0.4 is 29.7 Å². The van der Waals surface area contributed by atoms with Crippen molar-refractivity contribution in [3.8, 4) is 0 Å². The molecule has 0 aliphatic carbocycles. The van der Waals surface area contributed by atoms with Gasteiger partial charge >= 0.3 is 0 Å². The molecule has 0 aromatic carbocycles. The monoisotopic (exact) mass is 314 g/mol. The van der Waals surface area contributed by atoms with Gasteiger partial charge in [-0.15, -0.1) is 0 Å². The fraction of sp³-hybridized carbons (Fsp3) is 1.00. The average molecular weight is 314 g/mol. The van der Waals surface area contributed by atoms with Crippen molar-refractivity contribution in [1.82, 2.24) is 0 Å². The predicted octanol–water partition coefficient (Wildman–Crippen LogP) is -1.00. The summed E-state index contributed by atoms with van der Waals surface area (Å²) < 4.78 is 1.14. The van der Waals surface area contributed by atoms with Crippen molar-refractivity contribution in [3.63, 3.8) is 0 Å². The summed E-state index contributed by atoms with van der Waals surface area (Å²) in [7, 11) is 4.61. The van der Waals surface area contributed by atoms with Gasteiger partial charge in [0, 0.05) is 6.42 Å². The molecule has 2 nitrogen and oxygen atoms in total. The zero-order valence-corrected chi connectivity index (χ0v) is 12.2. The molecule has 3 heteroatoms. The van der Waals surface area contributed by atoms with Gasteiger partial charge in [-0.3, -0.25) is 0 Å². The zero-order chi connectivity index (χ0) is 10.2. The molecule has 0 unspecified atom stereocenters. The Balaban J connectivity index is 0. The van der Waals surface area contributed by atoms with Crippen LogP contribution in [0.2, 0.25) is 0 Å². The summed E-state index contributed by atoms with van der Waals surface area (Å²) in [5, 5.41) is 0. The van der Waals surface area contributed by atoms with Crippen molar-refractivity contribution in [2.45, 2.75) is 39.0 Å². The van der Waals surface area contributed by atoms with E-state index in [-0.39, 0.29) is 24.0 Å². The Morgan fingerprint density at radius 1 is 0.929 bits per heavy atom. The summed E-state index contributed by atoms with van der Waals surface area (Å²) in [5.41, 5.74) is 5.50. The van der Waals surface area contributed by atoms with E-state index in [4.69, 9.17) is 5.73 Å². The lowest BCUT2D eigenvalue weighted by molar-refractivity contribution is -0.890. The number of halogens is 1. The molecule has 0 spiro atoms. The summed E-state index contributed by atoms with van der Waals surface area (Å²) in [6.07, 6.45) is 6.63. The minimum absolute atomic E-state index is 0. The lowest BCUT2D eigenvalue weighted by Crippen LogP contribution is -3.00. The van der Waals surface area contributed by atoms with E-state index in [0.29, 0.717) is 0 Å². The molecular weight excluding hydrogens is 287 g/mol. The molecule has 14 heavy (non-hydrogen) atoms. The topological polar surface area (TPSA) is 26.0 Å². The first-order valence-electron chi connectivity index (χ1n) is 5.64. The van der Waals surface area contributed by atoms with Gasteiger partial charge in [-0.25, -0.2) is 0 Å². The minimum atomic E-state index is 0. The fourth-order valence-electron chi connectivity index (χ4n) is 1.60. The maximum absolute atomic E-state index is 5.50. The van der Waals surface area contributed by atoms with Gasteiger partial charge < -0.3 is 34.2 Å². The highest BCUT2D eigenvalue weighted by molar-refractivity contribution is 4.42. The van der Waals surface area contributed by atoms with E-state index < -0.39 is 0 Å². The average Bonchev–Trinajstić information content (AvgIpc) is 2.09. The van der Waals surface area contributed by atoms with Crippen LogP contribution in [0.15, 0.2) is 0 Å². The zero-order valence-electron chi connectivity index (χ0n) is 10.1. The normalized spacial score (nSPS) is 11.1. The molecule has 2 N–H and O–H groups in total. The molecule has 0 aliphatic heterocycles. The third kappa shape index (κ3) is 10.7. The number of hydrogen-bond donors (Lipinski definition) is 1. The second kappa shape index (κ2) is 10.2. The number of nitrogens with two attached hydrogens (primary N) is 1. The van der Waals surface area contributed by atoms with E-state index >= 15 is 0 Å². The quantitative estimate of drug-likeness (QED) is 0.347. The maximum atomic E-state index is 5.50. The van der Waals surface area contributed by atoms with E-state index in [1.54, 1.807) is 0 Å². The Bertz CT molecular complexity index is 116. The van der Waals surface area contributed by atoms with Crippen molar-refractivity contribution in [3.05, 3.63) is 0 Å². The molecule has 0 saturated heterocycles.